The molecule has 0 aliphatic carbocycles. The van der Waals surface area contributed by atoms with E-state index >= 15 is 0 Å². The van der Waals surface area contributed by atoms with Crippen LogP contribution in [-0.2, 0) is 4.79 Å². The summed E-state index contributed by atoms with van der Waals surface area (Å²) in [5, 5.41) is 20.7. The summed E-state index contributed by atoms with van der Waals surface area (Å²) in [5.41, 5.74) is -0.681. The first-order valence-electron chi connectivity index (χ1n) is 8.50. The Morgan fingerprint density at radius 2 is 1.91 bits per heavy atom. The third kappa shape index (κ3) is 3.30. The number of rotatable bonds is 2. The number of aliphatic hydroxyl groups is 2. The molecule has 0 bridgehead atoms. The summed E-state index contributed by atoms with van der Waals surface area (Å²) in [4.78, 5) is 18.0. The first-order chi connectivity index (χ1) is 10.4. The third-order valence-electron chi connectivity index (χ3n) is 5.71. The molecular formula is C16H29N3O3. The lowest BCUT2D eigenvalue weighted by atomic mass is 9.89. The van der Waals surface area contributed by atoms with Crippen LogP contribution < -0.4 is 0 Å². The van der Waals surface area contributed by atoms with Gasteiger partial charge in [-0.15, -0.1) is 0 Å². The maximum atomic E-state index is 11.4. The minimum atomic E-state index is -0.681. The smallest absolute Gasteiger partial charge is 0.219 e. The Hall–Kier alpha value is -0.690. The molecule has 3 aliphatic heterocycles. The Bertz CT molecular complexity index is 423. The van der Waals surface area contributed by atoms with Gasteiger partial charge in [0.1, 0.15) is 0 Å². The van der Waals surface area contributed by atoms with Crippen LogP contribution in [0.3, 0.4) is 0 Å². The average molecular weight is 311 g/mol. The highest BCUT2D eigenvalue weighted by atomic mass is 16.3. The minimum absolute atomic E-state index is 0.101. The summed E-state index contributed by atoms with van der Waals surface area (Å²) in [6.07, 6.45) is 1.97. The molecule has 1 unspecified atom stereocenters. The lowest BCUT2D eigenvalue weighted by Crippen LogP contribution is -2.60. The number of fused-ring (bicyclic) bond motifs is 1. The van der Waals surface area contributed by atoms with Crippen molar-refractivity contribution in [2.45, 2.75) is 56.9 Å². The SMILES string of the molecule is CC(=O)N1CCC(O)(CN2CC3C[C@@H](O)CN3C[C@@H]2C)CC1. The Morgan fingerprint density at radius 1 is 1.23 bits per heavy atom. The summed E-state index contributed by atoms with van der Waals surface area (Å²) in [5.74, 6) is 0.101. The number of hydrogen-bond acceptors (Lipinski definition) is 5. The molecule has 3 heterocycles. The normalized spacial score (nSPS) is 36.4. The second kappa shape index (κ2) is 6.07. The molecule has 6 heteroatoms. The molecule has 0 spiro atoms. The fraction of sp³-hybridized carbons (Fsp3) is 0.938. The molecule has 22 heavy (non-hydrogen) atoms. The fourth-order valence-electron chi connectivity index (χ4n) is 4.27. The van der Waals surface area contributed by atoms with Gasteiger partial charge in [-0.05, 0) is 26.2 Å². The quantitative estimate of drug-likeness (QED) is 0.720. The molecule has 0 radical (unpaired) electrons. The maximum Gasteiger partial charge on any atom is 0.219 e. The number of carbonyl (C=O) groups is 1. The number of nitrogens with zero attached hydrogens (tertiary/aromatic N) is 3. The van der Waals surface area contributed by atoms with E-state index in [1.54, 1.807) is 6.92 Å². The number of likely N-dealkylation sites (tertiary alicyclic amines) is 1. The van der Waals surface area contributed by atoms with Crippen molar-refractivity contribution in [1.82, 2.24) is 14.7 Å². The van der Waals surface area contributed by atoms with Crippen LogP contribution in [-0.4, -0.2) is 93.9 Å². The first kappa shape index (κ1) is 16.2. The van der Waals surface area contributed by atoms with Gasteiger partial charge in [0.15, 0.2) is 0 Å². The standard InChI is InChI=1S/C16H29N3O3/c1-12-8-18-10-15(21)7-14(18)9-19(12)11-16(22)3-5-17(6-4-16)13(2)20/h12,14-15,21-22H,3-11H2,1-2H3/t12-,14?,15+/m0/s1. The van der Waals surface area contributed by atoms with Crippen molar-refractivity contribution in [3.8, 4) is 0 Å². The summed E-state index contributed by atoms with van der Waals surface area (Å²) in [6.45, 7) is 8.48. The molecule has 3 aliphatic rings. The molecule has 126 valence electrons. The first-order valence-corrected chi connectivity index (χ1v) is 8.50. The highest BCUT2D eigenvalue weighted by molar-refractivity contribution is 5.73. The predicted octanol–water partition coefficient (Wildman–Crippen LogP) is -0.501. The van der Waals surface area contributed by atoms with Crippen LogP contribution in [0.15, 0.2) is 0 Å². The fourth-order valence-corrected chi connectivity index (χ4v) is 4.27. The van der Waals surface area contributed by atoms with Gasteiger partial charge >= 0.3 is 0 Å². The third-order valence-corrected chi connectivity index (χ3v) is 5.71. The van der Waals surface area contributed by atoms with Gasteiger partial charge in [0.05, 0.1) is 11.7 Å². The Morgan fingerprint density at radius 3 is 2.55 bits per heavy atom. The summed E-state index contributed by atoms with van der Waals surface area (Å²) < 4.78 is 0. The summed E-state index contributed by atoms with van der Waals surface area (Å²) in [6, 6.07) is 0.823. The minimum Gasteiger partial charge on any atom is -0.392 e. The van der Waals surface area contributed by atoms with Crippen LogP contribution in [0.1, 0.15) is 33.1 Å². The van der Waals surface area contributed by atoms with Crippen LogP contribution in [0.5, 0.6) is 0 Å². The molecule has 2 N–H and O–H groups in total. The highest BCUT2D eigenvalue weighted by Gasteiger charge is 2.42. The molecule has 0 aromatic rings. The second-order valence-electron chi connectivity index (χ2n) is 7.51. The van der Waals surface area contributed by atoms with Crippen LogP contribution in [0, 0.1) is 0 Å². The molecule has 0 aromatic carbocycles. The number of amides is 1. The average Bonchev–Trinajstić information content (AvgIpc) is 2.78. The molecule has 0 aromatic heterocycles. The van der Waals surface area contributed by atoms with Crippen molar-refractivity contribution >= 4 is 5.91 Å². The lowest BCUT2D eigenvalue weighted by Gasteiger charge is -2.47. The van der Waals surface area contributed by atoms with E-state index in [2.05, 4.69) is 16.7 Å². The zero-order chi connectivity index (χ0) is 15.9. The van der Waals surface area contributed by atoms with E-state index in [4.69, 9.17) is 0 Å². The van der Waals surface area contributed by atoms with Crippen LogP contribution in [0.4, 0.5) is 0 Å². The van der Waals surface area contributed by atoms with Crippen molar-refractivity contribution in [1.29, 1.82) is 0 Å². The van der Waals surface area contributed by atoms with Crippen LogP contribution in [0.25, 0.3) is 0 Å². The van der Waals surface area contributed by atoms with Crippen LogP contribution >= 0.6 is 0 Å². The molecule has 3 fully saturated rings. The van der Waals surface area contributed by atoms with Gasteiger partial charge < -0.3 is 15.1 Å². The van der Waals surface area contributed by atoms with Gasteiger partial charge in [-0.3, -0.25) is 14.6 Å². The molecular weight excluding hydrogens is 282 g/mol. The van der Waals surface area contributed by atoms with E-state index in [1.165, 1.54) is 0 Å². The van der Waals surface area contributed by atoms with E-state index in [-0.39, 0.29) is 12.0 Å². The predicted molar refractivity (Wildman–Crippen MR) is 83.5 cm³/mol. The van der Waals surface area contributed by atoms with Crippen molar-refractivity contribution < 1.29 is 15.0 Å². The molecule has 6 nitrogen and oxygen atoms in total. The zero-order valence-corrected chi connectivity index (χ0v) is 13.7. The van der Waals surface area contributed by atoms with Crippen molar-refractivity contribution in [2.75, 3.05) is 39.3 Å². The number of hydrogen-bond donors (Lipinski definition) is 2. The Balaban J connectivity index is 1.57. The molecule has 3 rings (SSSR count). The molecule has 3 saturated heterocycles. The number of aliphatic hydroxyl groups excluding tert-OH is 1. The largest absolute Gasteiger partial charge is 0.392 e. The van der Waals surface area contributed by atoms with E-state index in [0.717, 1.165) is 26.1 Å². The number of β-amino-alcohol motifs (C(OH)–C–C–N with tert-alkyl or cyclic N) is 1. The number of carbonyl (C=O) groups excluding carboxylic acids is 1. The van der Waals surface area contributed by atoms with Crippen molar-refractivity contribution in [3.05, 3.63) is 0 Å². The van der Waals surface area contributed by atoms with Gasteiger partial charge in [-0.25, -0.2) is 0 Å². The Labute approximate surface area is 132 Å². The topological polar surface area (TPSA) is 67.2 Å². The zero-order valence-electron chi connectivity index (χ0n) is 13.7. The summed E-state index contributed by atoms with van der Waals surface area (Å²) >= 11 is 0. The molecule has 0 saturated carbocycles. The monoisotopic (exact) mass is 311 g/mol. The lowest BCUT2D eigenvalue weighted by molar-refractivity contribution is -0.134. The van der Waals surface area contributed by atoms with Gasteiger partial charge in [0.2, 0.25) is 5.91 Å². The highest BCUT2D eigenvalue weighted by Crippen LogP contribution is 2.29. The van der Waals surface area contributed by atoms with E-state index in [1.807, 2.05) is 4.90 Å². The second-order valence-corrected chi connectivity index (χ2v) is 7.51. The van der Waals surface area contributed by atoms with Crippen molar-refractivity contribution in [2.24, 2.45) is 0 Å². The Kier molecular flexibility index (Phi) is 4.47. The number of piperazine rings is 1. The van der Waals surface area contributed by atoms with Gasteiger partial charge in [-0.1, -0.05) is 0 Å². The van der Waals surface area contributed by atoms with Gasteiger partial charge in [-0.2, -0.15) is 0 Å². The van der Waals surface area contributed by atoms with Crippen molar-refractivity contribution in [3.63, 3.8) is 0 Å². The molecule has 3 atom stereocenters. The number of piperidine rings is 1. The van der Waals surface area contributed by atoms with E-state index in [9.17, 15) is 15.0 Å². The van der Waals surface area contributed by atoms with Gasteiger partial charge in [0.25, 0.3) is 0 Å². The maximum absolute atomic E-state index is 11.4. The summed E-state index contributed by atoms with van der Waals surface area (Å²) in [7, 11) is 0. The van der Waals surface area contributed by atoms with Crippen LogP contribution in [0.2, 0.25) is 0 Å². The van der Waals surface area contributed by atoms with E-state index < -0.39 is 5.60 Å². The van der Waals surface area contributed by atoms with Gasteiger partial charge in [0, 0.05) is 58.3 Å². The van der Waals surface area contributed by atoms with E-state index in [0.29, 0.717) is 44.6 Å². The molecule has 1 amide bonds.